The van der Waals surface area contributed by atoms with E-state index >= 15 is 0 Å². The van der Waals surface area contributed by atoms with E-state index in [1.54, 1.807) is 0 Å². The van der Waals surface area contributed by atoms with Crippen LogP contribution < -0.4 is 5.32 Å². The number of nitrogens with zero attached hydrogens (tertiary/aromatic N) is 1. The van der Waals surface area contributed by atoms with E-state index in [1.165, 1.54) is 32.4 Å². The van der Waals surface area contributed by atoms with Gasteiger partial charge >= 0.3 is 0 Å². The highest BCUT2D eigenvalue weighted by Crippen LogP contribution is 2.42. The fourth-order valence-corrected chi connectivity index (χ4v) is 3.67. The summed E-state index contributed by atoms with van der Waals surface area (Å²) in [5, 5.41) is 3.80. The van der Waals surface area contributed by atoms with Crippen LogP contribution in [0.5, 0.6) is 0 Å². The first-order valence-corrected chi connectivity index (χ1v) is 8.19. The Balaban J connectivity index is 2.04. The summed E-state index contributed by atoms with van der Waals surface area (Å²) in [4.78, 5) is 2.80. The van der Waals surface area contributed by atoms with E-state index in [0.29, 0.717) is 16.9 Å². The van der Waals surface area contributed by atoms with Crippen LogP contribution in [0, 0.1) is 16.7 Å². The molecular weight excluding hydrogens is 232 g/mol. The molecule has 2 unspecified atom stereocenters. The molecule has 112 valence electrons. The average Bonchev–Trinajstić information content (AvgIpc) is 2.25. The third kappa shape index (κ3) is 3.52. The Labute approximate surface area is 120 Å². The topological polar surface area (TPSA) is 15.3 Å². The fourth-order valence-electron chi connectivity index (χ4n) is 3.67. The molecule has 2 atom stereocenters. The molecule has 1 aliphatic heterocycles. The molecule has 1 heterocycles. The number of hydrogen-bond acceptors (Lipinski definition) is 2. The van der Waals surface area contributed by atoms with Crippen LogP contribution in [0.25, 0.3) is 0 Å². The highest BCUT2D eigenvalue weighted by Gasteiger charge is 2.40. The van der Waals surface area contributed by atoms with E-state index in [9.17, 15) is 0 Å². The molecule has 0 aromatic rings. The van der Waals surface area contributed by atoms with E-state index in [1.807, 2.05) is 0 Å². The monoisotopic (exact) mass is 266 g/mol. The third-order valence-corrected chi connectivity index (χ3v) is 5.42. The second kappa shape index (κ2) is 5.37. The second-order valence-corrected chi connectivity index (χ2v) is 8.73. The molecule has 2 aliphatic rings. The van der Waals surface area contributed by atoms with Gasteiger partial charge in [-0.2, -0.15) is 0 Å². The van der Waals surface area contributed by atoms with Gasteiger partial charge in [-0.05, 0) is 29.6 Å². The first-order valence-electron chi connectivity index (χ1n) is 8.19. The smallest absolute Gasteiger partial charge is 0.0244 e. The molecule has 0 spiro atoms. The molecule has 2 rings (SSSR count). The van der Waals surface area contributed by atoms with Gasteiger partial charge in [0.15, 0.2) is 0 Å². The van der Waals surface area contributed by atoms with Crippen LogP contribution in [0.3, 0.4) is 0 Å². The lowest BCUT2D eigenvalue weighted by Gasteiger charge is -2.51. The summed E-state index contributed by atoms with van der Waals surface area (Å²) in [6.45, 7) is 18.0. The van der Waals surface area contributed by atoms with Crippen molar-refractivity contribution in [2.75, 3.05) is 19.6 Å². The number of piperazine rings is 1. The summed E-state index contributed by atoms with van der Waals surface area (Å²) >= 11 is 0. The minimum atomic E-state index is 0.362. The molecule has 1 aliphatic carbocycles. The standard InChI is InChI=1S/C17H34N2/c1-13(2)14-10-18-15(16(3,4)5)11-19(14)12-17(6)8-7-9-17/h13-15,18H,7-12H2,1-6H3. The van der Waals surface area contributed by atoms with Gasteiger partial charge in [-0.25, -0.2) is 0 Å². The third-order valence-electron chi connectivity index (χ3n) is 5.42. The van der Waals surface area contributed by atoms with E-state index in [2.05, 4.69) is 51.8 Å². The lowest BCUT2D eigenvalue weighted by atomic mass is 9.69. The minimum absolute atomic E-state index is 0.362. The molecule has 1 N–H and O–H groups in total. The van der Waals surface area contributed by atoms with Crippen molar-refractivity contribution in [1.29, 1.82) is 0 Å². The zero-order valence-electron chi connectivity index (χ0n) is 13.9. The molecule has 0 aromatic carbocycles. The van der Waals surface area contributed by atoms with Crippen LogP contribution in [0.15, 0.2) is 0 Å². The number of nitrogens with one attached hydrogen (secondary N) is 1. The van der Waals surface area contributed by atoms with E-state index in [-0.39, 0.29) is 0 Å². The largest absolute Gasteiger partial charge is 0.311 e. The van der Waals surface area contributed by atoms with Gasteiger partial charge in [0.25, 0.3) is 0 Å². The molecule has 0 amide bonds. The molecule has 1 saturated carbocycles. The summed E-state index contributed by atoms with van der Waals surface area (Å²) in [6, 6.07) is 1.35. The van der Waals surface area contributed by atoms with Gasteiger partial charge in [0.05, 0.1) is 0 Å². The van der Waals surface area contributed by atoms with Crippen LogP contribution in [0.1, 0.15) is 60.8 Å². The minimum Gasteiger partial charge on any atom is -0.311 e. The molecule has 2 heteroatoms. The van der Waals surface area contributed by atoms with Crippen LogP contribution in [-0.4, -0.2) is 36.6 Å². The zero-order chi connectivity index (χ0) is 14.3. The Bertz CT molecular complexity index is 299. The SMILES string of the molecule is CC(C)C1CNC(C(C)(C)C)CN1CC1(C)CCC1. The molecular formula is C17H34N2. The van der Waals surface area contributed by atoms with Crippen LogP contribution >= 0.6 is 0 Å². The normalized spacial score (nSPS) is 32.4. The van der Waals surface area contributed by atoms with Gasteiger partial charge in [0.2, 0.25) is 0 Å². The predicted octanol–water partition coefficient (Wildman–Crippen LogP) is 3.52. The van der Waals surface area contributed by atoms with Crippen LogP contribution in [-0.2, 0) is 0 Å². The maximum Gasteiger partial charge on any atom is 0.0244 e. The molecule has 19 heavy (non-hydrogen) atoms. The van der Waals surface area contributed by atoms with Crippen LogP contribution in [0.4, 0.5) is 0 Å². The van der Waals surface area contributed by atoms with Crippen molar-refractivity contribution in [3.05, 3.63) is 0 Å². The van der Waals surface area contributed by atoms with E-state index in [0.717, 1.165) is 18.5 Å². The Kier molecular flexibility index (Phi) is 4.32. The Hall–Kier alpha value is -0.0800. The first-order chi connectivity index (χ1) is 8.71. The first kappa shape index (κ1) is 15.3. The Morgan fingerprint density at radius 3 is 2.32 bits per heavy atom. The summed E-state index contributed by atoms with van der Waals surface area (Å²) in [6.07, 6.45) is 4.31. The second-order valence-electron chi connectivity index (χ2n) is 8.73. The van der Waals surface area contributed by atoms with Crippen LogP contribution in [0.2, 0.25) is 0 Å². The van der Waals surface area contributed by atoms with Crippen molar-refractivity contribution in [2.45, 2.75) is 72.9 Å². The number of hydrogen-bond donors (Lipinski definition) is 1. The quantitative estimate of drug-likeness (QED) is 0.841. The van der Waals surface area contributed by atoms with Crippen molar-refractivity contribution in [1.82, 2.24) is 10.2 Å². The molecule has 0 radical (unpaired) electrons. The lowest BCUT2D eigenvalue weighted by Crippen LogP contribution is -2.63. The van der Waals surface area contributed by atoms with Gasteiger partial charge < -0.3 is 5.32 Å². The Morgan fingerprint density at radius 2 is 1.89 bits per heavy atom. The van der Waals surface area contributed by atoms with Crippen molar-refractivity contribution in [3.63, 3.8) is 0 Å². The Morgan fingerprint density at radius 1 is 1.26 bits per heavy atom. The molecule has 0 aromatic heterocycles. The summed E-state index contributed by atoms with van der Waals surface area (Å²) in [7, 11) is 0. The van der Waals surface area contributed by atoms with E-state index < -0.39 is 0 Å². The fraction of sp³-hybridized carbons (Fsp3) is 1.00. The molecule has 1 saturated heterocycles. The average molecular weight is 266 g/mol. The van der Waals surface area contributed by atoms with Gasteiger partial charge in [-0.15, -0.1) is 0 Å². The molecule has 2 nitrogen and oxygen atoms in total. The van der Waals surface area contributed by atoms with Crippen molar-refractivity contribution >= 4 is 0 Å². The summed E-state index contributed by atoms with van der Waals surface area (Å²) in [5.41, 5.74) is 0.966. The predicted molar refractivity (Wildman–Crippen MR) is 83.4 cm³/mol. The van der Waals surface area contributed by atoms with Gasteiger partial charge in [-0.3, -0.25) is 4.90 Å². The van der Waals surface area contributed by atoms with E-state index in [4.69, 9.17) is 0 Å². The maximum atomic E-state index is 3.80. The van der Waals surface area contributed by atoms with Crippen molar-refractivity contribution < 1.29 is 0 Å². The highest BCUT2D eigenvalue weighted by atomic mass is 15.2. The zero-order valence-corrected chi connectivity index (χ0v) is 13.9. The summed E-state index contributed by atoms with van der Waals surface area (Å²) < 4.78 is 0. The van der Waals surface area contributed by atoms with Gasteiger partial charge in [0.1, 0.15) is 0 Å². The van der Waals surface area contributed by atoms with Crippen molar-refractivity contribution in [3.8, 4) is 0 Å². The molecule has 0 bridgehead atoms. The summed E-state index contributed by atoms with van der Waals surface area (Å²) in [5.74, 6) is 0.747. The maximum absolute atomic E-state index is 3.80. The lowest BCUT2D eigenvalue weighted by molar-refractivity contribution is 0.00500. The van der Waals surface area contributed by atoms with Gasteiger partial charge in [0, 0.05) is 31.7 Å². The highest BCUT2D eigenvalue weighted by molar-refractivity contribution is 4.96. The number of rotatable bonds is 3. The van der Waals surface area contributed by atoms with Gasteiger partial charge in [-0.1, -0.05) is 48.0 Å². The molecule has 2 fully saturated rings. The van der Waals surface area contributed by atoms with Crippen molar-refractivity contribution in [2.24, 2.45) is 16.7 Å².